The minimum Gasteiger partial charge on any atom is -0.338 e. The summed E-state index contributed by atoms with van der Waals surface area (Å²) in [6.07, 6.45) is 7.55. The minimum atomic E-state index is -0.647. The quantitative estimate of drug-likeness (QED) is 0.915. The van der Waals surface area contributed by atoms with E-state index in [4.69, 9.17) is 0 Å². The Kier molecular flexibility index (Phi) is 5.17. The van der Waals surface area contributed by atoms with Crippen LogP contribution < -0.4 is 5.32 Å². The smallest absolute Gasteiger partial charge is 0.225 e. The topological polar surface area (TPSA) is 52.9 Å². The van der Waals surface area contributed by atoms with Gasteiger partial charge >= 0.3 is 0 Å². The van der Waals surface area contributed by atoms with Crippen molar-refractivity contribution < 1.29 is 4.79 Å². The van der Waals surface area contributed by atoms with Crippen molar-refractivity contribution in [3.63, 3.8) is 0 Å². The second-order valence-corrected chi connectivity index (χ2v) is 5.67. The van der Waals surface area contributed by atoms with Gasteiger partial charge in [0.1, 0.15) is 5.54 Å². The van der Waals surface area contributed by atoms with E-state index in [0.29, 0.717) is 6.42 Å². The Morgan fingerprint density at radius 2 is 1.70 bits per heavy atom. The predicted octanol–water partition coefficient (Wildman–Crippen LogP) is 3.35. The van der Waals surface area contributed by atoms with Gasteiger partial charge in [0.25, 0.3) is 0 Å². The molecule has 0 aromatic heterocycles. The first-order chi connectivity index (χ1) is 9.74. The fraction of sp³-hybridized carbons (Fsp3) is 0.529. The van der Waals surface area contributed by atoms with Crippen LogP contribution >= 0.6 is 0 Å². The molecule has 1 aliphatic carbocycles. The summed E-state index contributed by atoms with van der Waals surface area (Å²) >= 11 is 0. The molecule has 1 saturated carbocycles. The van der Waals surface area contributed by atoms with E-state index in [1.165, 1.54) is 6.42 Å². The molecule has 20 heavy (non-hydrogen) atoms. The number of hydrogen-bond donors (Lipinski definition) is 1. The lowest BCUT2D eigenvalue weighted by molar-refractivity contribution is -0.122. The van der Waals surface area contributed by atoms with Gasteiger partial charge in [-0.3, -0.25) is 4.79 Å². The van der Waals surface area contributed by atoms with Gasteiger partial charge in [-0.2, -0.15) is 5.26 Å². The van der Waals surface area contributed by atoms with Crippen LogP contribution in [-0.4, -0.2) is 11.4 Å². The highest BCUT2D eigenvalue weighted by molar-refractivity contribution is 5.79. The van der Waals surface area contributed by atoms with E-state index >= 15 is 0 Å². The van der Waals surface area contributed by atoms with E-state index in [1.807, 2.05) is 30.3 Å². The highest BCUT2D eigenvalue weighted by atomic mass is 16.1. The molecular weight excluding hydrogens is 248 g/mol. The molecule has 0 spiro atoms. The van der Waals surface area contributed by atoms with Crippen LogP contribution in [0, 0.1) is 11.3 Å². The molecule has 1 N–H and O–H groups in total. The van der Waals surface area contributed by atoms with Crippen molar-refractivity contribution in [3.8, 4) is 6.07 Å². The van der Waals surface area contributed by atoms with E-state index in [1.54, 1.807) is 0 Å². The molecule has 0 unspecified atom stereocenters. The van der Waals surface area contributed by atoms with Gasteiger partial charge in [0.05, 0.1) is 12.5 Å². The summed E-state index contributed by atoms with van der Waals surface area (Å²) in [5.74, 6) is -0.0432. The van der Waals surface area contributed by atoms with E-state index < -0.39 is 5.54 Å². The van der Waals surface area contributed by atoms with Crippen molar-refractivity contribution in [3.05, 3.63) is 35.9 Å². The second kappa shape index (κ2) is 7.09. The molecule has 1 aliphatic rings. The molecule has 0 heterocycles. The van der Waals surface area contributed by atoms with E-state index in [9.17, 15) is 10.1 Å². The number of nitrogens with zero attached hydrogens (tertiary/aromatic N) is 1. The summed E-state index contributed by atoms with van der Waals surface area (Å²) in [6, 6.07) is 12.0. The molecular formula is C17H22N2O. The van der Waals surface area contributed by atoms with Gasteiger partial charge in [0, 0.05) is 0 Å². The third-order valence-corrected chi connectivity index (χ3v) is 4.01. The van der Waals surface area contributed by atoms with Crippen molar-refractivity contribution in [2.75, 3.05) is 0 Å². The van der Waals surface area contributed by atoms with Gasteiger partial charge in [0.2, 0.25) is 5.91 Å². The first kappa shape index (κ1) is 14.6. The van der Waals surface area contributed by atoms with Gasteiger partial charge in [-0.25, -0.2) is 0 Å². The molecule has 0 aliphatic heterocycles. The molecule has 0 atom stereocenters. The van der Waals surface area contributed by atoms with Crippen molar-refractivity contribution in [1.29, 1.82) is 5.26 Å². The fourth-order valence-electron chi connectivity index (χ4n) is 2.87. The van der Waals surface area contributed by atoms with Gasteiger partial charge in [-0.05, 0) is 18.4 Å². The van der Waals surface area contributed by atoms with Crippen LogP contribution in [-0.2, 0) is 11.2 Å². The Labute approximate surface area is 121 Å². The lowest BCUT2D eigenvalue weighted by atomic mass is 9.85. The molecule has 3 heteroatoms. The molecule has 0 radical (unpaired) electrons. The number of nitrogens with one attached hydrogen (secondary N) is 1. The number of hydrogen-bond acceptors (Lipinski definition) is 2. The van der Waals surface area contributed by atoms with Gasteiger partial charge in [-0.1, -0.05) is 62.4 Å². The van der Waals surface area contributed by atoms with Gasteiger partial charge < -0.3 is 5.32 Å². The van der Waals surface area contributed by atoms with E-state index in [0.717, 1.165) is 44.1 Å². The molecule has 0 bridgehead atoms. The largest absolute Gasteiger partial charge is 0.338 e. The monoisotopic (exact) mass is 270 g/mol. The normalized spacial score (nSPS) is 18.4. The molecule has 2 rings (SSSR count). The van der Waals surface area contributed by atoms with E-state index in [2.05, 4.69) is 11.4 Å². The molecule has 0 saturated heterocycles. The molecule has 1 amide bonds. The first-order valence-corrected chi connectivity index (χ1v) is 7.50. The van der Waals surface area contributed by atoms with Crippen molar-refractivity contribution in [2.24, 2.45) is 0 Å². The zero-order valence-electron chi connectivity index (χ0n) is 11.9. The average Bonchev–Trinajstić information content (AvgIpc) is 2.43. The lowest BCUT2D eigenvalue weighted by Gasteiger charge is -2.29. The number of rotatable bonds is 3. The molecule has 1 aromatic carbocycles. The minimum absolute atomic E-state index is 0.0432. The predicted molar refractivity (Wildman–Crippen MR) is 79.0 cm³/mol. The molecule has 3 nitrogen and oxygen atoms in total. The Balaban J connectivity index is 1.97. The maximum Gasteiger partial charge on any atom is 0.225 e. The van der Waals surface area contributed by atoms with Crippen molar-refractivity contribution >= 4 is 5.91 Å². The van der Waals surface area contributed by atoms with Crippen LogP contribution in [0.1, 0.15) is 50.5 Å². The average molecular weight is 270 g/mol. The zero-order chi connectivity index (χ0) is 14.3. The van der Waals surface area contributed by atoms with Crippen LogP contribution in [0.15, 0.2) is 30.3 Å². The summed E-state index contributed by atoms with van der Waals surface area (Å²) in [5, 5.41) is 12.5. The number of nitriles is 1. The van der Waals surface area contributed by atoms with Crippen LogP contribution in [0.5, 0.6) is 0 Å². The summed E-state index contributed by atoms with van der Waals surface area (Å²) < 4.78 is 0. The highest BCUT2D eigenvalue weighted by Crippen LogP contribution is 2.26. The Bertz CT molecular complexity index is 468. The summed E-state index contributed by atoms with van der Waals surface area (Å²) in [5.41, 5.74) is 0.343. The van der Waals surface area contributed by atoms with Crippen LogP contribution in [0.25, 0.3) is 0 Å². The standard InChI is InChI=1S/C17H22N2O/c18-14-17(11-7-2-1-3-8-12-17)19-16(20)13-15-9-5-4-6-10-15/h4-6,9-10H,1-3,7-8,11-13H2,(H,19,20). The van der Waals surface area contributed by atoms with Gasteiger partial charge in [-0.15, -0.1) is 0 Å². The zero-order valence-corrected chi connectivity index (χ0v) is 11.9. The van der Waals surface area contributed by atoms with Crippen LogP contribution in [0.3, 0.4) is 0 Å². The van der Waals surface area contributed by atoms with Crippen LogP contribution in [0.4, 0.5) is 0 Å². The summed E-state index contributed by atoms with van der Waals surface area (Å²) in [4.78, 5) is 12.2. The summed E-state index contributed by atoms with van der Waals surface area (Å²) in [7, 11) is 0. The second-order valence-electron chi connectivity index (χ2n) is 5.67. The van der Waals surface area contributed by atoms with Crippen molar-refractivity contribution in [1.82, 2.24) is 5.32 Å². The number of carbonyl (C=O) groups excluding carboxylic acids is 1. The maximum absolute atomic E-state index is 12.2. The molecule has 1 fully saturated rings. The lowest BCUT2D eigenvalue weighted by Crippen LogP contribution is -2.48. The number of amides is 1. The highest BCUT2D eigenvalue weighted by Gasteiger charge is 2.31. The maximum atomic E-state index is 12.2. The third-order valence-electron chi connectivity index (χ3n) is 4.01. The van der Waals surface area contributed by atoms with Crippen LogP contribution in [0.2, 0.25) is 0 Å². The Hall–Kier alpha value is -1.82. The summed E-state index contributed by atoms with van der Waals surface area (Å²) in [6.45, 7) is 0. The molecule has 1 aromatic rings. The third kappa shape index (κ3) is 4.09. The van der Waals surface area contributed by atoms with E-state index in [-0.39, 0.29) is 5.91 Å². The number of carbonyl (C=O) groups is 1. The fourth-order valence-corrected chi connectivity index (χ4v) is 2.87. The SMILES string of the molecule is N#CC1(NC(=O)Cc2ccccc2)CCCCCCC1. The van der Waals surface area contributed by atoms with Gasteiger partial charge in [0.15, 0.2) is 0 Å². The number of benzene rings is 1. The Morgan fingerprint density at radius 3 is 2.30 bits per heavy atom. The Morgan fingerprint density at radius 1 is 1.10 bits per heavy atom. The van der Waals surface area contributed by atoms with Crippen molar-refractivity contribution in [2.45, 2.75) is 56.9 Å². The first-order valence-electron chi connectivity index (χ1n) is 7.50. The molecule has 106 valence electrons.